The van der Waals surface area contributed by atoms with Crippen molar-refractivity contribution in [3.05, 3.63) is 52.6 Å². The van der Waals surface area contributed by atoms with E-state index in [1.54, 1.807) is 18.3 Å². The van der Waals surface area contributed by atoms with Crippen LogP contribution >= 0.6 is 15.9 Å². The Hall–Kier alpha value is -1.58. The van der Waals surface area contributed by atoms with E-state index in [0.717, 1.165) is 16.4 Å². The molecule has 2 aromatic rings. The third kappa shape index (κ3) is 3.36. The molecule has 23 heavy (non-hydrogen) atoms. The minimum atomic E-state index is -3.94. The van der Waals surface area contributed by atoms with Gasteiger partial charge in [-0.1, -0.05) is 0 Å². The van der Waals surface area contributed by atoms with Gasteiger partial charge in [-0.05, 0) is 40.2 Å². The maximum Gasteiger partial charge on any atom is 0.243 e. The topological polar surface area (TPSA) is 59.5 Å². The number of hydrogen-bond donors (Lipinski definition) is 0. The molecule has 0 bridgehead atoms. The molecule has 0 amide bonds. The van der Waals surface area contributed by atoms with Crippen LogP contribution in [-0.4, -0.2) is 36.9 Å². The first-order chi connectivity index (χ1) is 10.9. The lowest BCUT2D eigenvalue weighted by Gasteiger charge is -2.37. The Bertz CT molecular complexity index is 821. The number of nitrogens with zero attached hydrogens (tertiary/aromatic N) is 2. The van der Waals surface area contributed by atoms with Crippen LogP contribution in [0.3, 0.4) is 0 Å². The highest BCUT2D eigenvalue weighted by Crippen LogP contribution is 2.28. The molecule has 0 N–H and O–H groups in total. The molecule has 1 aliphatic rings. The maximum atomic E-state index is 13.2. The van der Waals surface area contributed by atoms with Crippen molar-refractivity contribution in [2.75, 3.05) is 13.1 Å². The zero-order valence-corrected chi connectivity index (χ0v) is 14.0. The van der Waals surface area contributed by atoms with E-state index >= 15 is 0 Å². The number of hydrogen-bond acceptors (Lipinski definition) is 4. The fourth-order valence-electron chi connectivity index (χ4n) is 2.11. The summed E-state index contributed by atoms with van der Waals surface area (Å²) in [5.74, 6) is -1.50. The molecule has 1 fully saturated rings. The molecular weight excluding hydrogens is 394 g/mol. The summed E-state index contributed by atoms with van der Waals surface area (Å²) in [7, 11) is -3.94. The van der Waals surface area contributed by atoms with E-state index in [2.05, 4.69) is 20.9 Å². The van der Waals surface area contributed by atoms with Crippen LogP contribution in [0.15, 0.2) is 45.9 Å². The number of halogens is 3. The lowest BCUT2D eigenvalue weighted by Crippen LogP contribution is -2.56. The first-order valence-corrected chi connectivity index (χ1v) is 8.83. The Kier molecular flexibility index (Phi) is 4.35. The minimum Gasteiger partial charge on any atom is -0.471 e. The van der Waals surface area contributed by atoms with E-state index in [1.807, 2.05) is 0 Å². The lowest BCUT2D eigenvalue weighted by atomic mass is 10.2. The zero-order chi connectivity index (χ0) is 16.6. The average Bonchev–Trinajstić information content (AvgIpc) is 2.42. The molecule has 2 heterocycles. The third-order valence-electron chi connectivity index (χ3n) is 3.29. The molecule has 0 atom stereocenters. The molecule has 122 valence electrons. The lowest BCUT2D eigenvalue weighted by molar-refractivity contribution is 0.0713. The number of benzene rings is 1. The van der Waals surface area contributed by atoms with Gasteiger partial charge in [0.15, 0.2) is 0 Å². The van der Waals surface area contributed by atoms with Crippen molar-refractivity contribution in [3.8, 4) is 5.88 Å². The Morgan fingerprint density at radius 3 is 2.48 bits per heavy atom. The number of pyridine rings is 1. The first-order valence-electron chi connectivity index (χ1n) is 6.59. The second kappa shape index (κ2) is 6.14. The van der Waals surface area contributed by atoms with Crippen LogP contribution in [-0.2, 0) is 10.0 Å². The Balaban J connectivity index is 1.70. The molecule has 1 aromatic heterocycles. The van der Waals surface area contributed by atoms with Crippen molar-refractivity contribution < 1.29 is 21.9 Å². The maximum absolute atomic E-state index is 13.2. The quantitative estimate of drug-likeness (QED) is 0.785. The summed E-state index contributed by atoms with van der Waals surface area (Å²) in [5, 5.41) is 0. The van der Waals surface area contributed by atoms with Gasteiger partial charge in [-0.15, -0.1) is 0 Å². The average molecular weight is 405 g/mol. The van der Waals surface area contributed by atoms with Crippen LogP contribution in [0.4, 0.5) is 8.78 Å². The number of aromatic nitrogens is 1. The summed E-state index contributed by atoms with van der Waals surface area (Å²) in [4.78, 5) is 3.62. The van der Waals surface area contributed by atoms with Crippen LogP contribution in [0, 0.1) is 11.6 Å². The normalized spacial score (nSPS) is 16.1. The second-order valence-electron chi connectivity index (χ2n) is 4.96. The second-order valence-corrected chi connectivity index (χ2v) is 7.75. The Labute approximate surface area is 140 Å². The summed E-state index contributed by atoms with van der Waals surface area (Å²) in [5.41, 5.74) is 0. The molecule has 1 saturated heterocycles. The van der Waals surface area contributed by atoms with Crippen LogP contribution < -0.4 is 4.74 Å². The van der Waals surface area contributed by atoms with Gasteiger partial charge in [-0.2, -0.15) is 4.31 Å². The van der Waals surface area contributed by atoms with Gasteiger partial charge in [0, 0.05) is 12.3 Å². The Morgan fingerprint density at radius 2 is 1.87 bits per heavy atom. The third-order valence-corrected chi connectivity index (χ3v) is 5.70. The highest BCUT2D eigenvalue weighted by atomic mass is 79.9. The number of rotatable bonds is 4. The largest absolute Gasteiger partial charge is 0.471 e. The van der Waals surface area contributed by atoms with Crippen molar-refractivity contribution in [1.29, 1.82) is 0 Å². The minimum absolute atomic E-state index is 0.0868. The van der Waals surface area contributed by atoms with E-state index in [0.29, 0.717) is 16.4 Å². The van der Waals surface area contributed by atoms with Crippen LogP contribution in [0.5, 0.6) is 5.88 Å². The molecule has 1 aromatic carbocycles. The van der Waals surface area contributed by atoms with E-state index < -0.39 is 26.6 Å². The van der Waals surface area contributed by atoms with Gasteiger partial charge in [0.2, 0.25) is 15.9 Å². The van der Waals surface area contributed by atoms with E-state index in [-0.39, 0.29) is 19.2 Å². The molecule has 9 heteroatoms. The van der Waals surface area contributed by atoms with Gasteiger partial charge < -0.3 is 4.74 Å². The van der Waals surface area contributed by atoms with E-state index in [1.165, 1.54) is 0 Å². The van der Waals surface area contributed by atoms with Gasteiger partial charge in [-0.3, -0.25) is 0 Å². The van der Waals surface area contributed by atoms with Crippen molar-refractivity contribution in [2.45, 2.75) is 11.0 Å². The van der Waals surface area contributed by atoms with Crippen LogP contribution in [0.25, 0.3) is 0 Å². The molecule has 0 unspecified atom stereocenters. The monoisotopic (exact) mass is 404 g/mol. The van der Waals surface area contributed by atoms with Gasteiger partial charge in [-0.25, -0.2) is 22.2 Å². The standard InChI is InChI=1S/C14H11BrF2N2O3S/c15-13-2-1-3-18-14(13)22-11-7-19(8-11)23(20,21)12-5-9(16)4-10(17)6-12/h1-6,11H,7-8H2. The molecule has 3 rings (SSSR count). The molecule has 0 aliphatic carbocycles. The number of ether oxygens (including phenoxy) is 1. The van der Waals surface area contributed by atoms with Gasteiger partial charge in [0.1, 0.15) is 17.7 Å². The summed E-state index contributed by atoms with van der Waals surface area (Å²) in [6.07, 6.45) is 1.19. The van der Waals surface area contributed by atoms with Crippen molar-refractivity contribution in [3.63, 3.8) is 0 Å². The summed E-state index contributed by atoms with van der Waals surface area (Å²) < 4.78 is 58.3. The zero-order valence-electron chi connectivity index (χ0n) is 11.6. The summed E-state index contributed by atoms with van der Waals surface area (Å²) in [6.45, 7) is 0.174. The fourth-order valence-corrected chi connectivity index (χ4v) is 4.01. The van der Waals surface area contributed by atoms with Crippen LogP contribution in [0.1, 0.15) is 0 Å². The molecule has 0 spiro atoms. The van der Waals surface area contributed by atoms with E-state index in [9.17, 15) is 17.2 Å². The highest BCUT2D eigenvalue weighted by Gasteiger charge is 2.39. The smallest absolute Gasteiger partial charge is 0.243 e. The molecule has 5 nitrogen and oxygen atoms in total. The predicted octanol–water partition coefficient (Wildman–Crippen LogP) is 2.57. The molecule has 0 radical (unpaired) electrons. The first kappa shape index (κ1) is 16.3. The summed E-state index contributed by atoms with van der Waals surface area (Å²) >= 11 is 3.28. The number of sulfonamides is 1. The molecule has 1 aliphatic heterocycles. The van der Waals surface area contributed by atoms with Crippen molar-refractivity contribution >= 4 is 26.0 Å². The predicted molar refractivity (Wildman–Crippen MR) is 81.5 cm³/mol. The Morgan fingerprint density at radius 1 is 1.22 bits per heavy atom. The van der Waals surface area contributed by atoms with Crippen molar-refractivity contribution in [1.82, 2.24) is 9.29 Å². The summed E-state index contributed by atoms with van der Waals surface area (Å²) in [6, 6.07) is 5.70. The van der Waals surface area contributed by atoms with E-state index in [4.69, 9.17) is 4.74 Å². The van der Waals surface area contributed by atoms with Crippen LogP contribution in [0.2, 0.25) is 0 Å². The highest BCUT2D eigenvalue weighted by molar-refractivity contribution is 9.10. The van der Waals surface area contributed by atoms with Crippen molar-refractivity contribution in [2.24, 2.45) is 0 Å². The molecular formula is C14H11BrF2N2O3S. The van der Waals surface area contributed by atoms with Gasteiger partial charge in [0.25, 0.3) is 0 Å². The van der Waals surface area contributed by atoms with Gasteiger partial charge >= 0.3 is 0 Å². The SMILES string of the molecule is O=S(=O)(c1cc(F)cc(F)c1)N1CC(Oc2ncccc2Br)C1. The molecule has 0 saturated carbocycles. The van der Waals surface area contributed by atoms with Gasteiger partial charge in [0.05, 0.1) is 22.5 Å². The fraction of sp³-hybridized carbons (Fsp3) is 0.214.